The number of fused-ring (bicyclic) bond motifs is 1. The van der Waals surface area contributed by atoms with Crippen molar-refractivity contribution < 1.29 is 9.53 Å². The van der Waals surface area contributed by atoms with Gasteiger partial charge in [-0.1, -0.05) is 42.5 Å². The van der Waals surface area contributed by atoms with E-state index in [2.05, 4.69) is 10.3 Å². The molecule has 0 saturated carbocycles. The Labute approximate surface area is 186 Å². The number of rotatable bonds is 7. The highest BCUT2D eigenvalue weighted by Gasteiger charge is 2.18. The third-order valence-electron chi connectivity index (χ3n) is 5.44. The summed E-state index contributed by atoms with van der Waals surface area (Å²) in [5.41, 5.74) is 5.35. The molecule has 0 unspecified atom stereocenters. The van der Waals surface area contributed by atoms with Gasteiger partial charge >= 0.3 is 0 Å². The molecule has 2 heterocycles. The number of amides is 1. The van der Waals surface area contributed by atoms with Gasteiger partial charge in [-0.3, -0.25) is 14.2 Å². The maximum Gasteiger partial charge on any atom is 0.277 e. The number of hydrogen-bond donors (Lipinski definition) is 1. The minimum atomic E-state index is -0.207. The lowest BCUT2D eigenvalue weighted by molar-refractivity contribution is -0.116. The second-order valence-electron chi connectivity index (χ2n) is 7.84. The van der Waals surface area contributed by atoms with Gasteiger partial charge in [0.15, 0.2) is 0 Å². The highest BCUT2D eigenvalue weighted by atomic mass is 16.5. The predicted octanol–water partition coefficient (Wildman–Crippen LogP) is 3.77. The van der Waals surface area contributed by atoms with E-state index < -0.39 is 0 Å². The summed E-state index contributed by atoms with van der Waals surface area (Å²) in [6, 6.07) is 15.7. The number of ether oxygens (including phenoxy) is 1. The predicted molar refractivity (Wildman–Crippen MR) is 126 cm³/mol. The molecule has 4 aromatic rings. The molecule has 1 N–H and O–H groups in total. The van der Waals surface area contributed by atoms with Crippen LogP contribution in [0.25, 0.3) is 22.2 Å². The summed E-state index contributed by atoms with van der Waals surface area (Å²) < 4.78 is 8.32. The van der Waals surface area contributed by atoms with Gasteiger partial charge in [0.05, 0.1) is 19.5 Å². The van der Waals surface area contributed by atoms with Crippen LogP contribution in [0.3, 0.4) is 0 Å². The molecule has 0 aliphatic rings. The fraction of sp³-hybridized carbons (Fsp3) is 0.240. The first-order valence-corrected chi connectivity index (χ1v) is 10.5. The number of hydrogen-bond acceptors (Lipinski definition) is 4. The molecule has 32 heavy (non-hydrogen) atoms. The van der Waals surface area contributed by atoms with E-state index in [1.54, 1.807) is 11.7 Å². The third kappa shape index (κ3) is 4.33. The van der Waals surface area contributed by atoms with Gasteiger partial charge in [-0.15, -0.1) is 0 Å². The van der Waals surface area contributed by atoms with Crippen LogP contribution in [0.5, 0.6) is 0 Å². The molecule has 0 fully saturated rings. The van der Waals surface area contributed by atoms with Crippen LogP contribution in [-0.4, -0.2) is 33.7 Å². The normalized spacial score (nSPS) is 11.1. The molecule has 164 valence electrons. The van der Waals surface area contributed by atoms with E-state index in [0.29, 0.717) is 24.2 Å². The van der Waals surface area contributed by atoms with E-state index in [1.165, 1.54) is 10.9 Å². The van der Waals surface area contributed by atoms with Crippen molar-refractivity contribution in [2.75, 3.05) is 19.0 Å². The van der Waals surface area contributed by atoms with Crippen molar-refractivity contribution in [1.29, 1.82) is 0 Å². The maximum absolute atomic E-state index is 13.3. The first-order chi connectivity index (χ1) is 15.5. The Morgan fingerprint density at radius 2 is 1.88 bits per heavy atom. The summed E-state index contributed by atoms with van der Waals surface area (Å²) in [7, 11) is 1.59. The maximum atomic E-state index is 13.3. The van der Waals surface area contributed by atoms with Crippen LogP contribution in [0.2, 0.25) is 0 Å². The van der Waals surface area contributed by atoms with Gasteiger partial charge < -0.3 is 14.6 Å². The van der Waals surface area contributed by atoms with E-state index in [9.17, 15) is 9.59 Å². The highest BCUT2D eigenvalue weighted by Crippen LogP contribution is 2.27. The Hall–Kier alpha value is -3.71. The molecule has 1 amide bonds. The van der Waals surface area contributed by atoms with Gasteiger partial charge in [-0.2, -0.15) is 0 Å². The Kier molecular flexibility index (Phi) is 6.18. The molecular weight excluding hydrogens is 404 g/mol. The van der Waals surface area contributed by atoms with Gasteiger partial charge in [-0.25, -0.2) is 4.98 Å². The number of anilines is 1. The summed E-state index contributed by atoms with van der Waals surface area (Å²) in [5.74, 6) is -0.207. The Morgan fingerprint density at radius 3 is 2.62 bits per heavy atom. The van der Waals surface area contributed by atoms with Crippen molar-refractivity contribution in [3.05, 3.63) is 82.5 Å². The lowest BCUT2D eigenvalue weighted by atomic mass is 10.1. The van der Waals surface area contributed by atoms with Crippen molar-refractivity contribution in [2.24, 2.45) is 0 Å². The fourth-order valence-corrected chi connectivity index (χ4v) is 3.73. The van der Waals surface area contributed by atoms with E-state index in [1.807, 2.05) is 68.6 Å². The van der Waals surface area contributed by atoms with Crippen LogP contribution in [0.1, 0.15) is 11.1 Å². The monoisotopic (exact) mass is 430 g/mol. The highest BCUT2D eigenvalue weighted by molar-refractivity contribution is 5.96. The first kappa shape index (κ1) is 21.5. The molecule has 0 radical (unpaired) electrons. The number of methoxy groups -OCH3 is 1. The number of aromatic nitrogens is 3. The van der Waals surface area contributed by atoms with Crippen LogP contribution >= 0.6 is 0 Å². The average molecular weight is 431 g/mol. The lowest BCUT2D eigenvalue weighted by Gasteiger charge is -2.11. The molecule has 0 spiro atoms. The summed E-state index contributed by atoms with van der Waals surface area (Å²) in [4.78, 5) is 30.7. The van der Waals surface area contributed by atoms with Crippen molar-refractivity contribution in [3.8, 4) is 11.1 Å². The van der Waals surface area contributed by atoms with Crippen molar-refractivity contribution in [1.82, 2.24) is 14.1 Å². The van der Waals surface area contributed by atoms with Crippen molar-refractivity contribution in [2.45, 2.75) is 26.9 Å². The number of carbonyl (C=O) groups is 1. The molecule has 0 bridgehead atoms. The molecule has 4 rings (SSSR count). The van der Waals surface area contributed by atoms with Crippen LogP contribution in [0.15, 0.2) is 65.8 Å². The zero-order valence-electron chi connectivity index (χ0n) is 18.5. The zero-order valence-corrected chi connectivity index (χ0v) is 18.5. The van der Waals surface area contributed by atoms with Crippen LogP contribution in [0.4, 0.5) is 5.69 Å². The van der Waals surface area contributed by atoms with Gasteiger partial charge in [0, 0.05) is 24.6 Å². The molecule has 0 aliphatic carbocycles. The standard InChI is InChI=1S/C25H26N4O3/c1-17-9-10-18(2)21(13-17)27-22(30)15-29-14-20(19-7-5-4-6-8-19)23-24(29)25(31)28(16-26-23)11-12-32-3/h4-10,13-14,16H,11-12,15H2,1-3H3,(H,27,30). The Balaban J connectivity index is 1.76. The molecule has 0 atom stereocenters. The quantitative estimate of drug-likeness (QED) is 0.484. The fourth-order valence-electron chi connectivity index (χ4n) is 3.73. The van der Waals surface area contributed by atoms with E-state index in [0.717, 1.165) is 27.9 Å². The second-order valence-corrected chi connectivity index (χ2v) is 7.84. The van der Waals surface area contributed by atoms with Gasteiger partial charge in [-0.05, 0) is 36.6 Å². The summed E-state index contributed by atoms with van der Waals surface area (Å²) >= 11 is 0. The minimum absolute atomic E-state index is 0.00191. The van der Waals surface area contributed by atoms with Crippen LogP contribution in [-0.2, 0) is 22.6 Å². The smallest absolute Gasteiger partial charge is 0.277 e. The molecule has 2 aromatic heterocycles. The molecular formula is C25H26N4O3. The van der Waals surface area contributed by atoms with Gasteiger partial charge in [0.25, 0.3) is 5.56 Å². The number of nitrogens with one attached hydrogen (secondary N) is 1. The second kappa shape index (κ2) is 9.20. The molecule has 2 aromatic carbocycles. The molecule has 7 heteroatoms. The molecule has 7 nitrogen and oxygen atoms in total. The van der Waals surface area contributed by atoms with Gasteiger partial charge in [0.2, 0.25) is 5.91 Å². The molecule has 0 saturated heterocycles. The van der Waals surface area contributed by atoms with Crippen LogP contribution in [0, 0.1) is 13.8 Å². The lowest BCUT2D eigenvalue weighted by Crippen LogP contribution is -2.26. The van der Waals surface area contributed by atoms with Crippen LogP contribution < -0.4 is 10.9 Å². The summed E-state index contributed by atoms with van der Waals surface area (Å²) in [6.45, 7) is 4.72. The largest absolute Gasteiger partial charge is 0.383 e. The van der Waals surface area contributed by atoms with Crippen molar-refractivity contribution in [3.63, 3.8) is 0 Å². The SMILES string of the molecule is COCCn1cnc2c(-c3ccccc3)cn(CC(=O)Nc3cc(C)ccc3C)c2c1=O. The summed E-state index contributed by atoms with van der Waals surface area (Å²) in [6.07, 6.45) is 3.37. The number of benzene rings is 2. The third-order valence-corrected chi connectivity index (χ3v) is 5.44. The Bertz CT molecular complexity index is 1320. The first-order valence-electron chi connectivity index (χ1n) is 10.5. The topological polar surface area (TPSA) is 78.2 Å². The summed E-state index contributed by atoms with van der Waals surface area (Å²) in [5, 5.41) is 2.97. The number of aryl methyl sites for hydroxylation is 2. The average Bonchev–Trinajstić information content (AvgIpc) is 3.15. The number of carbonyl (C=O) groups excluding carboxylic acids is 1. The zero-order chi connectivity index (χ0) is 22.7. The van der Waals surface area contributed by atoms with E-state index >= 15 is 0 Å². The van der Waals surface area contributed by atoms with E-state index in [4.69, 9.17) is 4.74 Å². The van der Waals surface area contributed by atoms with E-state index in [-0.39, 0.29) is 18.0 Å². The Morgan fingerprint density at radius 1 is 1.09 bits per heavy atom. The number of nitrogens with zero attached hydrogens (tertiary/aromatic N) is 3. The van der Waals surface area contributed by atoms with Crippen molar-refractivity contribution >= 4 is 22.6 Å². The van der Waals surface area contributed by atoms with Gasteiger partial charge in [0.1, 0.15) is 17.6 Å². The minimum Gasteiger partial charge on any atom is -0.383 e. The molecule has 0 aliphatic heterocycles.